The SMILES string of the molecule is COCCNCCc1ncc(C2CCCC2(C)C)o1. The normalized spacial score (nSPS) is 21.9. The third-order valence-electron chi connectivity index (χ3n) is 4.17. The van der Waals surface area contributed by atoms with Crippen LogP contribution in [0.1, 0.15) is 50.7 Å². The third kappa shape index (κ3) is 3.80. The van der Waals surface area contributed by atoms with E-state index in [2.05, 4.69) is 24.1 Å². The molecule has 4 heteroatoms. The Balaban J connectivity index is 1.82. The highest BCUT2D eigenvalue weighted by molar-refractivity contribution is 5.09. The summed E-state index contributed by atoms with van der Waals surface area (Å²) in [5.74, 6) is 2.47. The van der Waals surface area contributed by atoms with E-state index in [1.165, 1.54) is 19.3 Å². The van der Waals surface area contributed by atoms with Gasteiger partial charge < -0.3 is 14.5 Å². The molecule has 1 heterocycles. The van der Waals surface area contributed by atoms with Crippen molar-refractivity contribution < 1.29 is 9.15 Å². The zero-order valence-corrected chi connectivity index (χ0v) is 12.4. The Labute approximate surface area is 115 Å². The van der Waals surface area contributed by atoms with Gasteiger partial charge in [0.05, 0.1) is 12.8 Å². The van der Waals surface area contributed by atoms with Crippen molar-refractivity contribution in [3.05, 3.63) is 17.8 Å². The Kier molecular flexibility index (Phi) is 4.99. The predicted molar refractivity (Wildman–Crippen MR) is 75.3 cm³/mol. The average Bonchev–Trinajstić information content (AvgIpc) is 2.95. The maximum atomic E-state index is 5.93. The molecule has 1 unspecified atom stereocenters. The van der Waals surface area contributed by atoms with E-state index in [4.69, 9.17) is 9.15 Å². The first-order valence-corrected chi connectivity index (χ1v) is 7.28. The van der Waals surface area contributed by atoms with E-state index in [0.717, 1.165) is 37.8 Å². The fraction of sp³-hybridized carbons (Fsp3) is 0.800. The summed E-state index contributed by atoms with van der Waals surface area (Å²) in [4.78, 5) is 4.41. The van der Waals surface area contributed by atoms with Crippen LogP contribution in [0.25, 0.3) is 0 Å². The van der Waals surface area contributed by atoms with Gasteiger partial charge in [-0.1, -0.05) is 20.3 Å². The lowest BCUT2D eigenvalue weighted by Gasteiger charge is -2.24. The van der Waals surface area contributed by atoms with Crippen molar-refractivity contribution in [2.75, 3.05) is 26.8 Å². The second kappa shape index (κ2) is 6.53. The lowest BCUT2D eigenvalue weighted by molar-refractivity contribution is 0.199. The summed E-state index contributed by atoms with van der Waals surface area (Å²) in [5, 5.41) is 3.30. The molecule has 0 aliphatic heterocycles. The lowest BCUT2D eigenvalue weighted by atomic mass is 9.81. The van der Waals surface area contributed by atoms with Crippen LogP contribution in [-0.4, -0.2) is 31.8 Å². The number of hydrogen-bond donors (Lipinski definition) is 1. The molecule has 1 aromatic heterocycles. The van der Waals surface area contributed by atoms with Crippen molar-refractivity contribution in [2.24, 2.45) is 5.41 Å². The van der Waals surface area contributed by atoms with E-state index in [1.807, 2.05) is 6.20 Å². The van der Waals surface area contributed by atoms with Gasteiger partial charge in [-0.3, -0.25) is 0 Å². The fourth-order valence-electron chi connectivity index (χ4n) is 2.95. The topological polar surface area (TPSA) is 47.3 Å². The van der Waals surface area contributed by atoms with Crippen LogP contribution in [-0.2, 0) is 11.2 Å². The molecule has 0 amide bonds. The number of rotatable bonds is 7. The van der Waals surface area contributed by atoms with Gasteiger partial charge >= 0.3 is 0 Å². The molecule has 1 N–H and O–H groups in total. The summed E-state index contributed by atoms with van der Waals surface area (Å²) >= 11 is 0. The van der Waals surface area contributed by atoms with E-state index in [-0.39, 0.29) is 0 Å². The van der Waals surface area contributed by atoms with E-state index in [1.54, 1.807) is 7.11 Å². The molecule has 19 heavy (non-hydrogen) atoms. The largest absolute Gasteiger partial charge is 0.445 e. The highest BCUT2D eigenvalue weighted by atomic mass is 16.5. The Morgan fingerprint density at radius 3 is 3.00 bits per heavy atom. The fourth-order valence-corrected chi connectivity index (χ4v) is 2.95. The second-order valence-corrected chi connectivity index (χ2v) is 6.08. The van der Waals surface area contributed by atoms with Gasteiger partial charge in [0, 0.05) is 32.5 Å². The molecule has 108 valence electrons. The van der Waals surface area contributed by atoms with Crippen molar-refractivity contribution in [2.45, 2.75) is 45.4 Å². The summed E-state index contributed by atoms with van der Waals surface area (Å²) in [6.07, 6.45) is 6.59. The minimum absolute atomic E-state index is 0.355. The van der Waals surface area contributed by atoms with Crippen molar-refractivity contribution in [3.63, 3.8) is 0 Å². The van der Waals surface area contributed by atoms with Crippen LogP contribution in [0.15, 0.2) is 10.6 Å². The molecule has 0 saturated heterocycles. The van der Waals surface area contributed by atoms with Gasteiger partial charge in [0.25, 0.3) is 0 Å². The van der Waals surface area contributed by atoms with Crippen molar-refractivity contribution in [1.82, 2.24) is 10.3 Å². The summed E-state index contributed by atoms with van der Waals surface area (Å²) < 4.78 is 10.9. The van der Waals surface area contributed by atoms with Crippen LogP contribution in [0.5, 0.6) is 0 Å². The number of nitrogens with zero attached hydrogens (tertiary/aromatic N) is 1. The van der Waals surface area contributed by atoms with Gasteiger partial charge in [0.1, 0.15) is 5.76 Å². The molecule has 1 saturated carbocycles. The van der Waals surface area contributed by atoms with Crippen molar-refractivity contribution in [1.29, 1.82) is 0 Å². The van der Waals surface area contributed by atoms with E-state index in [0.29, 0.717) is 11.3 Å². The minimum atomic E-state index is 0.355. The Morgan fingerprint density at radius 2 is 2.32 bits per heavy atom. The molecule has 1 aromatic rings. The molecule has 1 aliphatic rings. The number of ether oxygens (including phenoxy) is 1. The van der Waals surface area contributed by atoms with Gasteiger partial charge in [-0.05, 0) is 18.3 Å². The first-order chi connectivity index (χ1) is 9.13. The van der Waals surface area contributed by atoms with Crippen LogP contribution in [0, 0.1) is 5.41 Å². The summed E-state index contributed by atoms with van der Waals surface area (Å²) in [7, 11) is 1.71. The molecule has 0 aromatic carbocycles. The molecule has 1 fully saturated rings. The first kappa shape index (κ1) is 14.5. The minimum Gasteiger partial charge on any atom is -0.445 e. The second-order valence-electron chi connectivity index (χ2n) is 6.08. The number of oxazole rings is 1. The quantitative estimate of drug-likeness (QED) is 0.771. The molecule has 1 aliphatic carbocycles. The highest BCUT2D eigenvalue weighted by Crippen LogP contribution is 2.48. The van der Waals surface area contributed by atoms with E-state index >= 15 is 0 Å². The Bertz CT molecular complexity index is 387. The summed E-state index contributed by atoms with van der Waals surface area (Å²) in [5.41, 5.74) is 0.355. The Morgan fingerprint density at radius 1 is 1.47 bits per heavy atom. The molecule has 0 spiro atoms. The predicted octanol–water partition coefficient (Wildman–Crippen LogP) is 2.75. The zero-order valence-electron chi connectivity index (χ0n) is 12.4. The van der Waals surface area contributed by atoms with E-state index < -0.39 is 0 Å². The first-order valence-electron chi connectivity index (χ1n) is 7.28. The van der Waals surface area contributed by atoms with Crippen LogP contribution >= 0.6 is 0 Å². The van der Waals surface area contributed by atoms with Gasteiger partial charge in [0.15, 0.2) is 5.89 Å². The van der Waals surface area contributed by atoms with Crippen LogP contribution in [0.4, 0.5) is 0 Å². The number of nitrogens with one attached hydrogen (secondary N) is 1. The average molecular weight is 266 g/mol. The smallest absolute Gasteiger partial charge is 0.195 e. The maximum absolute atomic E-state index is 5.93. The lowest BCUT2D eigenvalue weighted by Crippen LogP contribution is -2.21. The number of hydrogen-bond acceptors (Lipinski definition) is 4. The zero-order chi connectivity index (χ0) is 13.7. The molecule has 0 radical (unpaired) electrons. The molecule has 4 nitrogen and oxygen atoms in total. The molecule has 2 rings (SSSR count). The third-order valence-corrected chi connectivity index (χ3v) is 4.17. The van der Waals surface area contributed by atoms with E-state index in [9.17, 15) is 0 Å². The maximum Gasteiger partial charge on any atom is 0.195 e. The summed E-state index contributed by atoms with van der Waals surface area (Å²) in [6, 6.07) is 0. The highest BCUT2D eigenvalue weighted by Gasteiger charge is 2.37. The molecular formula is C15H26N2O2. The Hall–Kier alpha value is -0.870. The molecule has 0 bridgehead atoms. The van der Waals surface area contributed by atoms with Gasteiger partial charge in [-0.15, -0.1) is 0 Å². The summed E-state index contributed by atoms with van der Waals surface area (Å²) in [6.45, 7) is 7.17. The van der Waals surface area contributed by atoms with Crippen LogP contribution in [0.2, 0.25) is 0 Å². The monoisotopic (exact) mass is 266 g/mol. The van der Waals surface area contributed by atoms with Gasteiger partial charge in [0.2, 0.25) is 0 Å². The van der Waals surface area contributed by atoms with Gasteiger partial charge in [-0.25, -0.2) is 4.98 Å². The van der Waals surface area contributed by atoms with Crippen LogP contribution in [0.3, 0.4) is 0 Å². The van der Waals surface area contributed by atoms with Crippen LogP contribution < -0.4 is 5.32 Å². The molecular weight excluding hydrogens is 240 g/mol. The molecule has 1 atom stereocenters. The van der Waals surface area contributed by atoms with Crippen molar-refractivity contribution in [3.8, 4) is 0 Å². The number of aromatic nitrogens is 1. The van der Waals surface area contributed by atoms with Crippen molar-refractivity contribution >= 4 is 0 Å². The standard InChI is InChI=1S/C15H26N2O2/c1-15(2)7-4-5-12(15)13-11-17-14(19-13)6-8-16-9-10-18-3/h11-12,16H,4-10H2,1-3H3. The van der Waals surface area contributed by atoms with Gasteiger partial charge in [-0.2, -0.15) is 0 Å². The number of methoxy groups -OCH3 is 1.